The highest BCUT2D eigenvalue weighted by Gasteiger charge is 2.18. The van der Waals surface area contributed by atoms with E-state index in [0.717, 1.165) is 5.52 Å². The summed E-state index contributed by atoms with van der Waals surface area (Å²) in [6.07, 6.45) is 1.52. The summed E-state index contributed by atoms with van der Waals surface area (Å²) in [6, 6.07) is 9.40. The summed E-state index contributed by atoms with van der Waals surface area (Å²) in [5, 5.41) is 28.5. The molecule has 0 amide bonds. The summed E-state index contributed by atoms with van der Waals surface area (Å²) >= 11 is 0. The van der Waals surface area contributed by atoms with Gasteiger partial charge in [0.15, 0.2) is 0 Å². The Hall–Kier alpha value is -2.78. The second kappa shape index (κ2) is 5.92. The van der Waals surface area contributed by atoms with Crippen LogP contribution in [0.15, 0.2) is 29.8 Å². The van der Waals surface area contributed by atoms with Crippen LogP contribution in [-0.2, 0) is 4.74 Å². The lowest BCUT2D eigenvalue weighted by Crippen LogP contribution is -2.40. The molecule has 1 fully saturated rings. The van der Waals surface area contributed by atoms with Crippen LogP contribution in [0.4, 0.5) is 0 Å². The fourth-order valence-electron chi connectivity index (χ4n) is 2.51. The van der Waals surface area contributed by atoms with Crippen molar-refractivity contribution in [3.05, 3.63) is 35.5 Å². The van der Waals surface area contributed by atoms with E-state index in [-0.39, 0.29) is 17.2 Å². The Morgan fingerprint density at radius 1 is 1.36 bits per heavy atom. The van der Waals surface area contributed by atoms with Gasteiger partial charge in [0.05, 0.1) is 24.5 Å². The molecule has 112 valence electrons. The molecule has 1 aliphatic heterocycles. The first kappa shape index (κ1) is 14.2. The molecule has 0 spiro atoms. The topological polar surface area (TPSA) is 96.1 Å². The van der Waals surface area contributed by atoms with Crippen molar-refractivity contribution < 1.29 is 9.84 Å². The van der Waals surface area contributed by atoms with Crippen molar-refractivity contribution in [3.63, 3.8) is 0 Å². The minimum absolute atomic E-state index is 0.0955. The lowest BCUT2D eigenvalue weighted by Gasteiger charge is -2.28. The minimum atomic E-state index is 0.0955. The SMILES string of the molecule is N#C/C(=C/c1[nH]c2ccccc2c1O)C(=N)N1CCOCC1. The van der Waals surface area contributed by atoms with Crippen LogP contribution in [-0.4, -0.2) is 47.1 Å². The summed E-state index contributed by atoms with van der Waals surface area (Å²) in [7, 11) is 0. The van der Waals surface area contributed by atoms with Crippen molar-refractivity contribution in [3.8, 4) is 11.8 Å². The van der Waals surface area contributed by atoms with Gasteiger partial charge in [0.1, 0.15) is 17.7 Å². The molecule has 1 aromatic carbocycles. The lowest BCUT2D eigenvalue weighted by molar-refractivity contribution is 0.0680. The van der Waals surface area contributed by atoms with Crippen molar-refractivity contribution in [2.75, 3.05) is 26.3 Å². The Balaban J connectivity index is 1.94. The number of amidine groups is 1. The number of hydrogen-bond donors (Lipinski definition) is 3. The molecule has 0 atom stereocenters. The normalized spacial score (nSPS) is 15.8. The molecule has 6 nitrogen and oxygen atoms in total. The lowest BCUT2D eigenvalue weighted by atomic mass is 10.1. The first-order valence-electron chi connectivity index (χ1n) is 7.04. The predicted octanol–water partition coefficient (Wildman–Crippen LogP) is 2.09. The molecule has 0 bridgehead atoms. The molecule has 1 aliphatic rings. The van der Waals surface area contributed by atoms with Gasteiger partial charge in [-0.1, -0.05) is 12.1 Å². The number of nitrogens with one attached hydrogen (secondary N) is 2. The predicted molar refractivity (Wildman–Crippen MR) is 83.7 cm³/mol. The zero-order valence-corrected chi connectivity index (χ0v) is 12.0. The number of hydrogen-bond acceptors (Lipinski definition) is 4. The van der Waals surface area contributed by atoms with Crippen LogP contribution in [0, 0.1) is 16.7 Å². The third-order valence-electron chi connectivity index (χ3n) is 3.70. The van der Waals surface area contributed by atoms with E-state index in [9.17, 15) is 10.4 Å². The van der Waals surface area contributed by atoms with Crippen LogP contribution in [0.25, 0.3) is 17.0 Å². The fourth-order valence-corrected chi connectivity index (χ4v) is 2.51. The summed E-state index contributed by atoms with van der Waals surface area (Å²) in [5.41, 5.74) is 1.45. The van der Waals surface area contributed by atoms with Gasteiger partial charge >= 0.3 is 0 Å². The third-order valence-corrected chi connectivity index (χ3v) is 3.70. The second-order valence-electron chi connectivity index (χ2n) is 5.05. The van der Waals surface area contributed by atoms with Crippen LogP contribution in [0.3, 0.4) is 0 Å². The fraction of sp³-hybridized carbons (Fsp3) is 0.250. The molecule has 2 aromatic rings. The Morgan fingerprint density at radius 3 is 2.77 bits per heavy atom. The first-order chi connectivity index (χ1) is 10.7. The number of nitrogens with zero attached hydrogens (tertiary/aromatic N) is 2. The molecular weight excluding hydrogens is 280 g/mol. The van der Waals surface area contributed by atoms with Gasteiger partial charge in [0, 0.05) is 24.0 Å². The molecule has 0 saturated carbocycles. The zero-order chi connectivity index (χ0) is 15.5. The van der Waals surface area contributed by atoms with E-state index >= 15 is 0 Å². The minimum Gasteiger partial charge on any atom is -0.505 e. The maximum Gasteiger partial charge on any atom is 0.148 e. The van der Waals surface area contributed by atoms with E-state index in [1.165, 1.54) is 6.08 Å². The van der Waals surface area contributed by atoms with Gasteiger partial charge in [0.25, 0.3) is 0 Å². The van der Waals surface area contributed by atoms with Crippen LogP contribution in [0.2, 0.25) is 0 Å². The van der Waals surface area contributed by atoms with E-state index in [1.54, 1.807) is 11.0 Å². The molecule has 6 heteroatoms. The standard InChI is InChI=1S/C16H16N4O2/c17-10-11(16(18)20-5-7-22-8-6-20)9-14-15(21)12-3-1-2-4-13(12)19-14/h1-4,9,18-19,21H,5-8H2/b11-9-,18-16?. The van der Waals surface area contributed by atoms with Crippen LogP contribution >= 0.6 is 0 Å². The Morgan fingerprint density at radius 2 is 2.09 bits per heavy atom. The maximum absolute atomic E-state index is 10.2. The van der Waals surface area contributed by atoms with Crippen molar-refractivity contribution in [2.24, 2.45) is 0 Å². The van der Waals surface area contributed by atoms with Gasteiger partial charge in [-0.3, -0.25) is 5.41 Å². The molecule has 0 radical (unpaired) electrons. The van der Waals surface area contributed by atoms with Crippen LogP contribution in [0.1, 0.15) is 5.69 Å². The van der Waals surface area contributed by atoms with E-state index < -0.39 is 0 Å². The van der Waals surface area contributed by atoms with Crippen molar-refractivity contribution in [1.29, 1.82) is 10.7 Å². The number of para-hydroxylation sites is 1. The number of aromatic amines is 1. The molecule has 3 N–H and O–H groups in total. The smallest absolute Gasteiger partial charge is 0.148 e. The number of nitriles is 1. The van der Waals surface area contributed by atoms with Crippen molar-refractivity contribution in [2.45, 2.75) is 0 Å². The van der Waals surface area contributed by atoms with Gasteiger partial charge in [-0.05, 0) is 18.2 Å². The monoisotopic (exact) mass is 296 g/mol. The highest BCUT2D eigenvalue weighted by molar-refractivity contribution is 6.04. The maximum atomic E-state index is 10.2. The van der Waals surface area contributed by atoms with E-state index in [0.29, 0.717) is 37.4 Å². The molecule has 3 rings (SSSR count). The number of aromatic nitrogens is 1. The van der Waals surface area contributed by atoms with Crippen molar-refractivity contribution >= 4 is 22.8 Å². The Labute approximate surface area is 127 Å². The number of fused-ring (bicyclic) bond motifs is 1. The second-order valence-corrected chi connectivity index (χ2v) is 5.05. The third kappa shape index (κ3) is 2.54. The van der Waals surface area contributed by atoms with Gasteiger partial charge in [-0.15, -0.1) is 0 Å². The molecule has 1 aromatic heterocycles. The summed E-state index contributed by atoms with van der Waals surface area (Å²) in [5.74, 6) is 0.252. The van der Waals surface area contributed by atoms with E-state index in [1.807, 2.05) is 24.3 Å². The van der Waals surface area contributed by atoms with Gasteiger partial charge < -0.3 is 19.7 Å². The number of H-pyrrole nitrogens is 1. The van der Waals surface area contributed by atoms with E-state index in [2.05, 4.69) is 4.98 Å². The van der Waals surface area contributed by atoms with Crippen LogP contribution < -0.4 is 0 Å². The highest BCUT2D eigenvalue weighted by atomic mass is 16.5. The van der Waals surface area contributed by atoms with E-state index in [4.69, 9.17) is 10.1 Å². The number of ether oxygens (including phenoxy) is 1. The average molecular weight is 296 g/mol. The molecular formula is C16H16N4O2. The number of rotatable bonds is 2. The Bertz CT molecular complexity index is 779. The van der Waals surface area contributed by atoms with Gasteiger partial charge in [-0.2, -0.15) is 5.26 Å². The summed E-state index contributed by atoms with van der Waals surface area (Å²) in [6.45, 7) is 2.30. The Kier molecular flexibility index (Phi) is 3.81. The number of benzene rings is 1. The molecule has 0 aliphatic carbocycles. The molecule has 1 saturated heterocycles. The number of aromatic hydroxyl groups is 1. The largest absolute Gasteiger partial charge is 0.505 e. The first-order valence-corrected chi connectivity index (χ1v) is 7.04. The summed E-state index contributed by atoms with van der Waals surface area (Å²) in [4.78, 5) is 4.87. The molecule has 22 heavy (non-hydrogen) atoms. The molecule has 2 heterocycles. The van der Waals surface area contributed by atoms with Gasteiger partial charge in [0.2, 0.25) is 0 Å². The van der Waals surface area contributed by atoms with Gasteiger partial charge in [-0.25, -0.2) is 0 Å². The highest BCUT2D eigenvalue weighted by Crippen LogP contribution is 2.30. The summed E-state index contributed by atoms with van der Waals surface area (Å²) < 4.78 is 5.25. The number of morpholine rings is 1. The average Bonchev–Trinajstić information content (AvgIpc) is 2.89. The zero-order valence-electron chi connectivity index (χ0n) is 12.0. The molecule has 0 unspecified atom stereocenters. The quantitative estimate of drug-likeness (QED) is 0.449. The van der Waals surface area contributed by atoms with Crippen molar-refractivity contribution in [1.82, 2.24) is 9.88 Å². The van der Waals surface area contributed by atoms with Crippen LogP contribution in [0.5, 0.6) is 5.75 Å².